The number of amides is 1. The summed E-state index contributed by atoms with van der Waals surface area (Å²) in [6, 6.07) is -0.00666. The standard InChI is InChI=1S/C15H30N2O2/c1-6-14(17-13(4)19)15(5,16)11(2)9-7-8-10-12(3)18/h11,14H,6-10,16H2,1-5H3,(H,17,19)/t11-,14?,15?/m0/s1. The van der Waals surface area contributed by atoms with Gasteiger partial charge in [-0.3, -0.25) is 4.79 Å². The fourth-order valence-corrected chi connectivity index (χ4v) is 2.42. The maximum atomic E-state index is 11.2. The van der Waals surface area contributed by atoms with E-state index in [1.807, 2.05) is 13.8 Å². The lowest BCUT2D eigenvalue weighted by Gasteiger charge is -2.39. The van der Waals surface area contributed by atoms with Gasteiger partial charge >= 0.3 is 0 Å². The monoisotopic (exact) mass is 270 g/mol. The van der Waals surface area contributed by atoms with Crippen molar-refractivity contribution >= 4 is 11.7 Å². The van der Waals surface area contributed by atoms with Crippen molar-refractivity contribution in [2.75, 3.05) is 0 Å². The lowest BCUT2D eigenvalue weighted by atomic mass is 9.77. The summed E-state index contributed by atoms with van der Waals surface area (Å²) in [7, 11) is 0. The molecule has 1 amide bonds. The summed E-state index contributed by atoms with van der Waals surface area (Å²) in [6.07, 6.45) is 4.38. The molecule has 0 saturated carbocycles. The van der Waals surface area contributed by atoms with E-state index in [-0.39, 0.29) is 17.7 Å². The molecule has 19 heavy (non-hydrogen) atoms. The third kappa shape index (κ3) is 6.71. The van der Waals surface area contributed by atoms with E-state index in [0.717, 1.165) is 25.7 Å². The molecule has 3 atom stereocenters. The molecule has 0 aromatic carbocycles. The predicted octanol–water partition coefficient (Wildman–Crippen LogP) is 2.40. The van der Waals surface area contributed by atoms with Gasteiger partial charge in [-0.1, -0.05) is 20.3 Å². The number of rotatable bonds is 9. The number of carbonyl (C=O) groups excluding carboxylic acids is 2. The molecule has 0 rings (SSSR count). The third-order valence-electron chi connectivity index (χ3n) is 4.01. The minimum atomic E-state index is -0.420. The summed E-state index contributed by atoms with van der Waals surface area (Å²) in [5, 5.41) is 2.94. The van der Waals surface area contributed by atoms with Gasteiger partial charge in [-0.2, -0.15) is 0 Å². The SMILES string of the molecule is CCC(NC(C)=O)C(C)(N)[C@@H](C)CCCCC(C)=O. The van der Waals surface area contributed by atoms with Gasteiger partial charge in [0.25, 0.3) is 0 Å². The highest BCUT2D eigenvalue weighted by Crippen LogP contribution is 2.25. The largest absolute Gasteiger partial charge is 0.352 e. The molecule has 0 aliphatic rings. The quantitative estimate of drug-likeness (QED) is 0.632. The van der Waals surface area contributed by atoms with Crippen LogP contribution in [0.4, 0.5) is 0 Å². The van der Waals surface area contributed by atoms with E-state index >= 15 is 0 Å². The molecule has 4 nitrogen and oxygen atoms in total. The fraction of sp³-hybridized carbons (Fsp3) is 0.867. The molecule has 0 bridgehead atoms. The lowest BCUT2D eigenvalue weighted by Crippen LogP contribution is -2.59. The molecular weight excluding hydrogens is 240 g/mol. The fourth-order valence-electron chi connectivity index (χ4n) is 2.42. The molecule has 0 spiro atoms. The highest BCUT2D eigenvalue weighted by Gasteiger charge is 2.34. The van der Waals surface area contributed by atoms with Crippen LogP contribution in [-0.2, 0) is 9.59 Å². The Labute approximate surface area is 117 Å². The first-order valence-electron chi connectivity index (χ1n) is 7.27. The highest BCUT2D eigenvalue weighted by atomic mass is 16.1. The first kappa shape index (κ1) is 18.1. The second kappa shape index (κ2) is 8.31. The van der Waals surface area contributed by atoms with Gasteiger partial charge in [0.15, 0.2) is 0 Å². The number of nitrogens with one attached hydrogen (secondary N) is 1. The number of ketones is 1. The lowest BCUT2D eigenvalue weighted by molar-refractivity contribution is -0.120. The van der Waals surface area contributed by atoms with Gasteiger partial charge in [-0.25, -0.2) is 0 Å². The van der Waals surface area contributed by atoms with E-state index in [1.165, 1.54) is 6.92 Å². The van der Waals surface area contributed by atoms with Crippen LogP contribution in [0.5, 0.6) is 0 Å². The minimum absolute atomic E-state index is 0.00666. The topological polar surface area (TPSA) is 72.2 Å². The van der Waals surface area contributed by atoms with Gasteiger partial charge in [0.2, 0.25) is 5.91 Å². The highest BCUT2D eigenvalue weighted by molar-refractivity contribution is 5.75. The van der Waals surface area contributed by atoms with Crippen molar-refractivity contribution in [3.8, 4) is 0 Å². The Morgan fingerprint density at radius 2 is 1.84 bits per heavy atom. The van der Waals surface area contributed by atoms with E-state index < -0.39 is 5.54 Å². The second-order valence-corrected chi connectivity index (χ2v) is 5.88. The van der Waals surface area contributed by atoms with Gasteiger partial charge in [0.05, 0.1) is 0 Å². The average molecular weight is 270 g/mol. The van der Waals surface area contributed by atoms with E-state index in [1.54, 1.807) is 6.92 Å². The molecule has 0 aromatic rings. The Hall–Kier alpha value is -0.900. The summed E-state index contributed by atoms with van der Waals surface area (Å²) < 4.78 is 0. The molecule has 0 aliphatic heterocycles. The van der Waals surface area contributed by atoms with Crippen LogP contribution in [0.25, 0.3) is 0 Å². The van der Waals surface area contributed by atoms with Gasteiger partial charge in [-0.05, 0) is 39.0 Å². The molecule has 0 fully saturated rings. The van der Waals surface area contributed by atoms with Crippen LogP contribution in [0, 0.1) is 5.92 Å². The minimum Gasteiger partial charge on any atom is -0.352 e. The maximum Gasteiger partial charge on any atom is 0.217 e. The van der Waals surface area contributed by atoms with Crippen LogP contribution in [0.1, 0.15) is 66.7 Å². The normalized spacial score (nSPS) is 17.4. The molecular formula is C15H30N2O2. The first-order valence-corrected chi connectivity index (χ1v) is 7.27. The zero-order valence-corrected chi connectivity index (χ0v) is 13.1. The van der Waals surface area contributed by atoms with Crippen LogP contribution in [0.2, 0.25) is 0 Å². The number of hydrogen-bond acceptors (Lipinski definition) is 3. The van der Waals surface area contributed by atoms with Crippen molar-refractivity contribution in [1.29, 1.82) is 0 Å². The maximum absolute atomic E-state index is 11.2. The Morgan fingerprint density at radius 3 is 2.26 bits per heavy atom. The Bertz CT molecular complexity index is 301. The molecule has 112 valence electrons. The molecule has 0 aliphatic carbocycles. The van der Waals surface area contributed by atoms with E-state index in [4.69, 9.17) is 5.73 Å². The summed E-state index contributed by atoms with van der Waals surface area (Å²) in [5.41, 5.74) is 6.00. The molecule has 3 N–H and O–H groups in total. The second-order valence-electron chi connectivity index (χ2n) is 5.88. The zero-order valence-electron chi connectivity index (χ0n) is 13.1. The molecule has 0 radical (unpaired) electrons. The summed E-state index contributed by atoms with van der Waals surface area (Å²) in [6.45, 7) is 9.32. The van der Waals surface area contributed by atoms with Crippen molar-refractivity contribution in [2.45, 2.75) is 78.3 Å². The number of carbonyl (C=O) groups is 2. The smallest absolute Gasteiger partial charge is 0.217 e. The molecule has 4 heteroatoms. The van der Waals surface area contributed by atoms with Crippen molar-refractivity contribution in [3.05, 3.63) is 0 Å². The van der Waals surface area contributed by atoms with E-state index in [9.17, 15) is 9.59 Å². The number of hydrogen-bond donors (Lipinski definition) is 2. The summed E-state index contributed by atoms with van der Waals surface area (Å²) >= 11 is 0. The van der Waals surface area contributed by atoms with Crippen molar-refractivity contribution < 1.29 is 9.59 Å². The van der Waals surface area contributed by atoms with Gasteiger partial charge < -0.3 is 15.8 Å². The average Bonchev–Trinajstić information content (AvgIpc) is 2.30. The first-order chi connectivity index (χ1) is 8.71. The number of nitrogens with two attached hydrogens (primary N) is 1. The van der Waals surface area contributed by atoms with Crippen LogP contribution < -0.4 is 11.1 Å². The number of Topliss-reactive ketones (excluding diaryl/α,β-unsaturated/α-hetero) is 1. The van der Waals surface area contributed by atoms with Crippen LogP contribution in [0.3, 0.4) is 0 Å². The van der Waals surface area contributed by atoms with E-state index in [0.29, 0.717) is 12.3 Å². The Kier molecular flexibility index (Phi) is 7.91. The van der Waals surface area contributed by atoms with Crippen LogP contribution >= 0.6 is 0 Å². The van der Waals surface area contributed by atoms with Gasteiger partial charge in [0, 0.05) is 24.9 Å². The van der Waals surface area contributed by atoms with Crippen LogP contribution in [0.15, 0.2) is 0 Å². The molecule has 0 saturated heterocycles. The summed E-state index contributed by atoms with van der Waals surface area (Å²) in [4.78, 5) is 22.1. The molecule has 2 unspecified atom stereocenters. The van der Waals surface area contributed by atoms with Gasteiger partial charge in [0.1, 0.15) is 5.78 Å². The van der Waals surface area contributed by atoms with Crippen molar-refractivity contribution in [2.24, 2.45) is 11.7 Å². The molecule has 0 heterocycles. The molecule has 0 aromatic heterocycles. The predicted molar refractivity (Wildman–Crippen MR) is 78.8 cm³/mol. The zero-order chi connectivity index (χ0) is 15.1. The summed E-state index contributed by atoms with van der Waals surface area (Å²) in [5.74, 6) is 0.511. The van der Waals surface area contributed by atoms with E-state index in [2.05, 4.69) is 12.2 Å². The Balaban J connectivity index is 4.34. The number of unbranched alkanes of at least 4 members (excludes halogenated alkanes) is 1. The van der Waals surface area contributed by atoms with Crippen LogP contribution in [-0.4, -0.2) is 23.3 Å². The van der Waals surface area contributed by atoms with Crippen molar-refractivity contribution in [1.82, 2.24) is 5.32 Å². The Morgan fingerprint density at radius 1 is 1.26 bits per heavy atom. The van der Waals surface area contributed by atoms with Gasteiger partial charge in [-0.15, -0.1) is 0 Å². The van der Waals surface area contributed by atoms with Crippen molar-refractivity contribution in [3.63, 3.8) is 0 Å². The third-order valence-corrected chi connectivity index (χ3v) is 4.01.